The predicted octanol–water partition coefficient (Wildman–Crippen LogP) is 6.64. The predicted molar refractivity (Wildman–Crippen MR) is 113 cm³/mol. The van der Waals surface area contributed by atoms with Crippen molar-refractivity contribution in [1.29, 1.82) is 0 Å². The first-order valence-corrected chi connectivity index (χ1v) is 10.8. The highest BCUT2D eigenvalue weighted by atomic mass is 35.5. The average molecular weight is 380 g/mol. The molecule has 0 unspecified atom stereocenters. The largest absolute Gasteiger partial charge is 0.376 e. The maximum Gasteiger partial charge on any atom is 0.0629 e. The van der Waals surface area contributed by atoms with Gasteiger partial charge in [0.1, 0.15) is 0 Å². The van der Waals surface area contributed by atoms with Crippen LogP contribution in [0.5, 0.6) is 0 Å². The maximum atomic E-state index is 6.00. The van der Waals surface area contributed by atoms with Crippen molar-refractivity contribution in [3.63, 3.8) is 0 Å². The van der Waals surface area contributed by atoms with Crippen LogP contribution < -0.4 is 5.32 Å². The Morgan fingerprint density at radius 3 is 2.42 bits per heavy atom. The summed E-state index contributed by atoms with van der Waals surface area (Å²) in [5, 5.41) is 4.52. The molecule has 2 nitrogen and oxygen atoms in total. The van der Waals surface area contributed by atoms with Crippen molar-refractivity contribution < 1.29 is 4.74 Å². The second-order valence-electron chi connectivity index (χ2n) is 9.11. The Kier molecular flexibility index (Phi) is 8.44. The van der Waals surface area contributed by atoms with Crippen molar-refractivity contribution >= 4 is 11.6 Å². The van der Waals surface area contributed by atoms with E-state index in [1.807, 2.05) is 12.1 Å². The lowest BCUT2D eigenvalue weighted by Gasteiger charge is -2.39. The van der Waals surface area contributed by atoms with Gasteiger partial charge in [-0.1, -0.05) is 44.0 Å². The molecule has 3 atom stereocenters. The molecule has 0 saturated carbocycles. The van der Waals surface area contributed by atoms with Gasteiger partial charge in [-0.3, -0.25) is 0 Å². The van der Waals surface area contributed by atoms with E-state index in [-0.39, 0.29) is 5.60 Å². The molecule has 0 amide bonds. The molecule has 1 heterocycles. The summed E-state index contributed by atoms with van der Waals surface area (Å²) in [4.78, 5) is 0. The molecule has 0 radical (unpaired) electrons. The van der Waals surface area contributed by atoms with Crippen molar-refractivity contribution in [3.05, 3.63) is 34.9 Å². The number of nitrogens with one attached hydrogen (secondary N) is 1. The molecule has 0 spiro atoms. The molecule has 0 aliphatic carbocycles. The minimum absolute atomic E-state index is 0.0447. The van der Waals surface area contributed by atoms with Gasteiger partial charge in [0.05, 0.1) is 5.60 Å². The van der Waals surface area contributed by atoms with Crippen LogP contribution in [0.1, 0.15) is 78.3 Å². The Balaban J connectivity index is 1.88. The molecule has 1 aliphatic heterocycles. The minimum atomic E-state index is 0.0447. The SMILES string of the molecule is CC(C)CC[C@@H](CCN[C@H](C)c1ccc(Cl)cc1)[C@@H]1CCOC(C)(C)C1. The van der Waals surface area contributed by atoms with Crippen LogP contribution in [0.25, 0.3) is 0 Å². The molecule has 1 aliphatic rings. The summed E-state index contributed by atoms with van der Waals surface area (Å²) in [5.41, 5.74) is 1.35. The normalized spacial score (nSPS) is 22.3. The fourth-order valence-corrected chi connectivity index (χ4v) is 4.33. The third-order valence-corrected chi connectivity index (χ3v) is 6.10. The van der Waals surface area contributed by atoms with Crippen LogP contribution in [0, 0.1) is 17.8 Å². The second-order valence-corrected chi connectivity index (χ2v) is 9.54. The van der Waals surface area contributed by atoms with Crippen molar-refractivity contribution in [2.45, 2.75) is 78.4 Å². The summed E-state index contributed by atoms with van der Waals surface area (Å²) < 4.78 is 5.96. The average Bonchev–Trinajstić information content (AvgIpc) is 2.57. The zero-order valence-corrected chi connectivity index (χ0v) is 18.1. The molecule has 1 aromatic rings. The topological polar surface area (TPSA) is 21.3 Å². The fourth-order valence-electron chi connectivity index (χ4n) is 4.20. The standard InChI is InChI=1S/C23H38ClNO/c1-17(2)6-7-20(21-13-15-26-23(4,5)16-21)12-14-25-18(3)19-8-10-22(24)11-9-19/h8-11,17-18,20-21,25H,6-7,12-16H2,1-5H3/t18-,20+,21-/m1/s1. The Bertz CT molecular complexity index is 526. The number of ether oxygens (including phenoxy) is 1. The van der Waals surface area contributed by atoms with E-state index in [9.17, 15) is 0 Å². The number of hydrogen-bond acceptors (Lipinski definition) is 2. The van der Waals surface area contributed by atoms with E-state index in [4.69, 9.17) is 16.3 Å². The van der Waals surface area contributed by atoms with E-state index in [0.717, 1.165) is 35.9 Å². The first-order valence-electron chi connectivity index (χ1n) is 10.4. The number of halogens is 1. The van der Waals surface area contributed by atoms with Crippen LogP contribution in [-0.4, -0.2) is 18.8 Å². The van der Waals surface area contributed by atoms with Gasteiger partial charge >= 0.3 is 0 Å². The molecule has 26 heavy (non-hydrogen) atoms. The molecule has 2 rings (SSSR count). The molecular weight excluding hydrogens is 342 g/mol. The van der Waals surface area contributed by atoms with Gasteiger partial charge in [-0.15, -0.1) is 0 Å². The van der Waals surface area contributed by atoms with E-state index in [2.05, 4.69) is 52.1 Å². The Labute approximate surface area is 166 Å². The lowest BCUT2D eigenvalue weighted by molar-refractivity contribution is -0.0840. The van der Waals surface area contributed by atoms with Crippen molar-refractivity contribution in [1.82, 2.24) is 5.32 Å². The van der Waals surface area contributed by atoms with E-state index < -0.39 is 0 Å². The van der Waals surface area contributed by atoms with E-state index in [1.54, 1.807) is 0 Å². The molecule has 148 valence electrons. The fraction of sp³-hybridized carbons (Fsp3) is 0.739. The molecular formula is C23H38ClNO. The smallest absolute Gasteiger partial charge is 0.0629 e. The van der Waals surface area contributed by atoms with Gasteiger partial charge in [0.25, 0.3) is 0 Å². The highest BCUT2D eigenvalue weighted by Gasteiger charge is 2.33. The second kappa shape index (κ2) is 10.1. The molecule has 1 aromatic carbocycles. The number of rotatable bonds is 9. The van der Waals surface area contributed by atoms with Crippen LogP contribution in [0.2, 0.25) is 5.02 Å². The molecule has 0 aromatic heterocycles. The molecule has 1 N–H and O–H groups in total. The highest BCUT2D eigenvalue weighted by Crippen LogP contribution is 2.37. The minimum Gasteiger partial charge on any atom is -0.376 e. The van der Waals surface area contributed by atoms with E-state index >= 15 is 0 Å². The lowest BCUT2D eigenvalue weighted by atomic mass is 9.75. The first kappa shape index (κ1) is 21.7. The number of hydrogen-bond donors (Lipinski definition) is 1. The molecule has 3 heteroatoms. The molecule has 1 fully saturated rings. The Hall–Kier alpha value is -0.570. The van der Waals surface area contributed by atoms with Gasteiger partial charge in [0.2, 0.25) is 0 Å². The van der Waals surface area contributed by atoms with Crippen molar-refractivity contribution in [2.24, 2.45) is 17.8 Å². The highest BCUT2D eigenvalue weighted by molar-refractivity contribution is 6.30. The maximum absolute atomic E-state index is 6.00. The third-order valence-electron chi connectivity index (χ3n) is 5.85. The molecule has 1 saturated heterocycles. The zero-order chi connectivity index (χ0) is 19.2. The summed E-state index contributed by atoms with van der Waals surface area (Å²) >= 11 is 6.00. The number of benzene rings is 1. The van der Waals surface area contributed by atoms with Crippen LogP contribution in [0.15, 0.2) is 24.3 Å². The van der Waals surface area contributed by atoms with Gasteiger partial charge in [-0.25, -0.2) is 0 Å². The monoisotopic (exact) mass is 379 g/mol. The summed E-state index contributed by atoms with van der Waals surface area (Å²) in [6, 6.07) is 8.56. The van der Waals surface area contributed by atoms with Gasteiger partial charge in [-0.05, 0) is 88.4 Å². The summed E-state index contributed by atoms with van der Waals surface area (Å²) in [7, 11) is 0. The third kappa shape index (κ3) is 7.21. The van der Waals surface area contributed by atoms with Crippen LogP contribution in [0.4, 0.5) is 0 Å². The molecule has 0 bridgehead atoms. The van der Waals surface area contributed by atoms with Gasteiger partial charge in [0, 0.05) is 17.7 Å². The van der Waals surface area contributed by atoms with Gasteiger partial charge < -0.3 is 10.1 Å². The lowest BCUT2D eigenvalue weighted by Crippen LogP contribution is -2.37. The van der Waals surface area contributed by atoms with Gasteiger partial charge in [0.15, 0.2) is 0 Å². The van der Waals surface area contributed by atoms with Crippen molar-refractivity contribution in [2.75, 3.05) is 13.2 Å². The Morgan fingerprint density at radius 1 is 1.12 bits per heavy atom. The summed E-state index contributed by atoms with van der Waals surface area (Å²) in [6.45, 7) is 13.4. The Morgan fingerprint density at radius 2 is 1.81 bits per heavy atom. The van der Waals surface area contributed by atoms with Crippen LogP contribution in [-0.2, 0) is 4.74 Å². The van der Waals surface area contributed by atoms with Crippen LogP contribution in [0.3, 0.4) is 0 Å². The summed E-state index contributed by atoms with van der Waals surface area (Å²) in [5.74, 6) is 2.38. The van der Waals surface area contributed by atoms with Crippen LogP contribution >= 0.6 is 11.6 Å². The quantitative estimate of drug-likeness (QED) is 0.519. The van der Waals surface area contributed by atoms with E-state index in [0.29, 0.717) is 6.04 Å². The first-order chi connectivity index (χ1) is 12.3. The zero-order valence-electron chi connectivity index (χ0n) is 17.4. The van der Waals surface area contributed by atoms with Crippen molar-refractivity contribution in [3.8, 4) is 0 Å². The van der Waals surface area contributed by atoms with Gasteiger partial charge in [-0.2, -0.15) is 0 Å². The summed E-state index contributed by atoms with van der Waals surface area (Å²) in [6.07, 6.45) is 6.34. The van der Waals surface area contributed by atoms with E-state index in [1.165, 1.54) is 37.7 Å².